The molecule has 0 fully saturated rings. The van der Waals surface area contributed by atoms with Gasteiger partial charge in [-0.2, -0.15) is 5.10 Å². The highest BCUT2D eigenvalue weighted by atomic mass is 32.1. The number of rotatable bonds is 7. The third-order valence-electron chi connectivity index (χ3n) is 4.38. The van der Waals surface area contributed by atoms with Gasteiger partial charge in [0.1, 0.15) is 10.8 Å². The van der Waals surface area contributed by atoms with E-state index in [1.165, 1.54) is 11.3 Å². The SMILES string of the molecule is CCCCOc1ccc(-c2nn3c(-c4ccc(C(=O)O)cc4)cnc3s2)cc1. The molecule has 28 heavy (non-hydrogen) atoms. The summed E-state index contributed by atoms with van der Waals surface area (Å²) in [5.41, 5.74) is 2.96. The highest BCUT2D eigenvalue weighted by Gasteiger charge is 2.13. The summed E-state index contributed by atoms with van der Waals surface area (Å²) in [7, 11) is 0. The summed E-state index contributed by atoms with van der Waals surface area (Å²) >= 11 is 1.51. The summed E-state index contributed by atoms with van der Waals surface area (Å²) in [6.07, 6.45) is 3.91. The summed E-state index contributed by atoms with van der Waals surface area (Å²) < 4.78 is 7.50. The predicted octanol–water partition coefficient (Wildman–Crippen LogP) is 5.00. The summed E-state index contributed by atoms with van der Waals surface area (Å²) in [5.74, 6) is -0.0826. The molecule has 0 radical (unpaired) electrons. The molecule has 142 valence electrons. The van der Waals surface area contributed by atoms with Gasteiger partial charge in [-0.25, -0.2) is 14.3 Å². The van der Waals surface area contributed by atoms with Crippen LogP contribution in [0.4, 0.5) is 0 Å². The quantitative estimate of drug-likeness (QED) is 0.447. The molecule has 0 aliphatic heterocycles. The second-order valence-electron chi connectivity index (χ2n) is 6.35. The lowest BCUT2D eigenvalue weighted by Crippen LogP contribution is -1.96. The number of fused-ring (bicyclic) bond motifs is 1. The van der Waals surface area contributed by atoms with Crippen molar-refractivity contribution in [2.45, 2.75) is 19.8 Å². The highest BCUT2D eigenvalue weighted by molar-refractivity contribution is 7.19. The first-order chi connectivity index (χ1) is 13.7. The Hall–Kier alpha value is -3.19. The van der Waals surface area contributed by atoms with Gasteiger partial charge in [0.05, 0.1) is 24.1 Å². The van der Waals surface area contributed by atoms with Crippen molar-refractivity contribution in [1.29, 1.82) is 0 Å². The molecule has 2 aromatic carbocycles. The summed E-state index contributed by atoms with van der Waals surface area (Å²) in [6.45, 7) is 2.87. The summed E-state index contributed by atoms with van der Waals surface area (Å²) in [6, 6.07) is 14.6. The Morgan fingerprint density at radius 3 is 2.50 bits per heavy atom. The molecule has 1 N–H and O–H groups in total. The van der Waals surface area contributed by atoms with E-state index in [2.05, 4.69) is 11.9 Å². The van der Waals surface area contributed by atoms with Gasteiger partial charge in [0.15, 0.2) is 0 Å². The normalized spacial score (nSPS) is 11.0. The van der Waals surface area contributed by atoms with Crippen LogP contribution in [0.15, 0.2) is 54.7 Å². The van der Waals surface area contributed by atoms with Crippen molar-refractivity contribution in [3.63, 3.8) is 0 Å². The number of unbranched alkanes of at least 4 members (excludes halogenated alkanes) is 1. The van der Waals surface area contributed by atoms with E-state index >= 15 is 0 Å². The molecule has 2 aromatic heterocycles. The molecular formula is C21H19N3O3S. The second-order valence-corrected chi connectivity index (χ2v) is 7.31. The lowest BCUT2D eigenvalue weighted by atomic mass is 10.1. The standard InChI is InChI=1S/C21H19N3O3S/c1-2-3-12-27-17-10-8-15(9-11-17)19-23-24-18(13-22-21(24)28-19)14-4-6-16(7-5-14)20(25)26/h4-11,13H,2-3,12H2,1H3,(H,25,26). The molecule has 0 amide bonds. The molecule has 4 aromatic rings. The van der Waals surface area contributed by atoms with Crippen LogP contribution in [0, 0.1) is 0 Å². The van der Waals surface area contributed by atoms with Crippen molar-refractivity contribution >= 4 is 22.3 Å². The lowest BCUT2D eigenvalue weighted by molar-refractivity contribution is 0.0697. The Morgan fingerprint density at radius 2 is 1.82 bits per heavy atom. The fourth-order valence-electron chi connectivity index (χ4n) is 2.82. The molecule has 6 nitrogen and oxygen atoms in total. The number of carboxylic acids is 1. The molecule has 0 unspecified atom stereocenters. The molecule has 0 aliphatic rings. The van der Waals surface area contributed by atoms with Crippen molar-refractivity contribution in [2.75, 3.05) is 6.61 Å². The van der Waals surface area contributed by atoms with Gasteiger partial charge in [0, 0.05) is 11.1 Å². The third kappa shape index (κ3) is 3.61. The minimum atomic E-state index is -0.942. The molecule has 0 saturated heterocycles. The molecule has 2 heterocycles. The largest absolute Gasteiger partial charge is 0.494 e. The maximum Gasteiger partial charge on any atom is 0.335 e. The maximum atomic E-state index is 11.0. The highest BCUT2D eigenvalue weighted by Crippen LogP contribution is 2.30. The van der Waals surface area contributed by atoms with E-state index in [1.807, 2.05) is 24.3 Å². The number of imidazole rings is 1. The van der Waals surface area contributed by atoms with Gasteiger partial charge in [-0.05, 0) is 42.8 Å². The van der Waals surface area contributed by atoms with Gasteiger partial charge < -0.3 is 9.84 Å². The maximum absolute atomic E-state index is 11.0. The number of hydrogen-bond donors (Lipinski definition) is 1. The first kappa shape index (κ1) is 18.2. The van der Waals surface area contributed by atoms with E-state index in [9.17, 15) is 4.79 Å². The molecule has 0 spiro atoms. The minimum absolute atomic E-state index is 0.254. The van der Waals surface area contributed by atoms with Crippen LogP contribution < -0.4 is 4.74 Å². The Bertz CT molecular complexity index is 1100. The molecule has 0 aliphatic carbocycles. The van der Waals surface area contributed by atoms with Gasteiger partial charge >= 0.3 is 5.97 Å². The number of ether oxygens (including phenoxy) is 1. The van der Waals surface area contributed by atoms with Gasteiger partial charge in [0.2, 0.25) is 4.96 Å². The molecule has 0 saturated carbocycles. The van der Waals surface area contributed by atoms with E-state index < -0.39 is 5.97 Å². The van der Waals surface area contributed by atoms with E-state index in [0.29, 0.717) is 0 Å². The predicted molar refractivity (Wildman–Crippen MR) is 109 cm³/mol. The average Bonchev–Trinajstić information content (AvgIpc) is 3.30. The van der Waals surface area contributed by atoms with Gasteiger partial charge in [-0.3, -0.25) is 0 Å². The number of carboxylic acid groups (broad SMARTS) is 1. The molecular weight excluding hydrogens is 374 g/mol. The van der Waals surface area contributed by atoms with E-state index in [0.717, 1.165) is 52.0 Å². The van der Waals surface area contributed by atoms with E-state index in [4.69, 9.17) is 14.9 Å². The van der Waals surface area contributed by atoms with Crippen molar-refractivity contribution in [3.05, 3.63) is 60.3 Å². The van der Waals surface area contributed by atoms with Crippen LogP contribution in [0.2, 0.25) is 0 Å². The number of benzene rings is 2. The number of aromatic nitrogens is 3. The third-order valence-corrected chi connectivity index (χ3v) is 5.35. The average molecular weight is 393 g/mol. The minimum Gasteiger partial charge on any atom is -0.494 e. The van der Waals surface area contributed by atoms with Gasteiger partial charge in [-0.15, -0.1) is 0 Å². The fourth-order valence-corrected chi connectivity index (χ4v) is 3.70. The van der Waals surface area contributed by atoms with Crippen molar-refractivity contribution in [3.8, 4) is 27.6 Å². The first-order valence-electron chi connectivity index (χ1n) is 9.07. The van der Waals surface area contributed by atoms with Crippen LogP contribution in [-0.4, -0.2) is 32.3 Å². The Labute approximate surface area is 166 Å². The van der Waals surface area contributed by atoms with Crippen molar-refractivity contribution in [1.82, 2.24) is 14.6 Å². The van der Waals surface area contributed by atoms with Crippen molar-refractivity contribution < 1.29 is 14.6 Å². The summed E-state index contributed by atoms with van der Waals surface area (Å²) in [5, 5.41) is 14.6. The first-order valence-corrected chi connectivity index (χ1v) is 9.89. The molecule has 4 rings (SSSR count). The number of aromatic carboxylic acids is 1. The van der Waals surface area contributed by atoms with Crippen molar-refractivity contribution in [2.24, 2.45) is 0 Å². The topological polar surface area (TPSA) is 76.7 Å². The Morgan fingerprint density at radius 1 is 1.11 bits per heavy atom. The Kier molecular flexibility index (Phi) is 5.08. The van der Waals surface area contributed by atoms with Crippen LogP contribution in [-0.2, 0) is 0 Å². The molecule has 0 atom stereocenters. The van der Waals surface area contributed by atoms with Gasteiger partial charge in [-0.1, -0.05) is 36.8 Å². The zero-order valence-electron chi connectivity index (χ0n) is 15.3. The van der Waals surface area contributed by atoms with Crippen LogP contribution in [0.1, 0.15) is 30.1 Å². The zero-order valence-corrected chi connectivity index (χ0v) is 16.1. The van der Waals surface area contributed by atoms with E-state index in [1.54, 1.807) is 35.0 Å². The van der Waals surface area contributed by atoms with Gasteiger partial charge in [0.25, 0.3) is 0 Å². The number of hydrogen-bond acceptors (Lipinski definition) is 5. The fraction of sp³-hybridized carbons (Fsp3) is 0.190. The smallest absolute Gasteiger partial charge is 0.335 e. The molecule has 7 heteroatoms. The number of carbonyl (C=O) groups is 1. The zero-order chi connectivity index (χ0) is 19.5. The van der Waals surface area contributed by atoms with Crippen LogP contribution in [0.25, 0.3) is 26.8 Å². The van der Waals surface area contributed by atoms with Crippen LogP contribution >= 0.6 is 11.3 Å². The lowest BCUT2D eigenvalue weighted by Gasteiger charge is -2.05. The van der Waals surface area contributed by atoms with Crippen LogP contribution in [0.3, 0.4) is 0 Å². The molecule has 0 bridgehead atoms. The van der Waals surface area contributed by atoms with Crippen LogP contribution in [0.5, 0.6) is 5.75 Å². The number of nitrogens with zero attached hydrogens (tertiary/aromatic N) is 3. The van der Waals surface area contributed by atoms with E-state index in [-0.39, 0.29) is 5.56 Å². The monoisotopic (exact) mass is 393 g/mol. The summed E-state index contributed by atoms with van der Waals surface area (Å²) in [4.78, 5) is 16.3. The Balaban J connectivity index is 1.59. The second kappa shape index (κ2) is 7.82.